The Labute approximate surface area is 110 Å². The van der Waals surface area contributed by atoms with Crippen LogP contribution in [0, 0.1) is 28.6 Å². The second-order valence-electron chi connectivity index (χ2n) is 6.38. The number of piperidine rings is 1. The van der Waals surface area contributed by atoms with E-state index in [9.17, 15) is 4.79 Å². The summed E-state index contributed by atoms with van der Waals surface area (Å²) in [5, 5.41) is 9.11. The molecule has 1 heterocycles. The summed E-state index contributed by atoms with van der Waals surface area (Å²) in [7, 11) is 0. The van der Waals surface area contributed by atoms with Gasteiger partial charge in [-0.3, -0.25) is 4.79 Å². The fourth-order valence-electron chi connectivity index (χ4n) is 3.51. The van der Waals surface area contributed by atoms with E-state index < -0.39 is 5.92 Å². The van der Waals surface area contributed by atoms with Crippen LogP contribution in [0.25, 0.3) is 0 Å². The third kappa shape index (κ3) is 2.53. The number of nitriles is 1. The monoisotopic (exact) mass is 248 g/mol. The van der Waals surface area contributed by atoms with Crippen molar-refractivity contribution in [3.63, 3.8) is 0 Å². The summed E-state index contributed by atoms with van der Waals surface area (Å²) < 4.78 is 0. The SMILES string of the molecule is CC(C)C(C#N)C(=O)N1CCC2(CCCC2)CC1. The molecule has 18 heavy (non-hydrogen) atoms. The highest BCUT2D eigenvalue weighted by atomic mass is 16.2. The molecule has 0 bridgehead atoms. The Balaban J connectivity index is 1.93. The number of rotatable bonds is 2. The van der Waals surface area contributed by atoms with Crippen molar-refractivity contribution in [1.82, 2.24) is 4.90 Å². The van der Waals surface area contributed by atoms with E-state index in [1.54, 1.807) is 0 Å². The van der Waals surface area contributed by atoms with Crippen molar-refractivity contribution in [3.05, 3.63) is 0 Å². The van der Waals surface area contributed by atoms with Crippen LogP contribution in [0.4, 0.5) is 0 Å². The lowest BCUT2D eigenvalue weighted by Gasteiger charge is -2.40. The molecule has 0 N–H and O–H groups in total. The summed E-state index contributed by atoms with van der Waals surface area (Å²) in [5.41, 5.74) is 0.538. The average molecular weight is 248 g/mol. The molecule has 2 fully saturated rings. The first-order valence-corrected chi connectivity index (χ1v) is 7.26. The van der Waals surface area contributed by atoms with Gasteiger partial charge in [-0.1, -0.05) is 26.7 Å². The molecule has 2 aliphatic rings. The van der Waals surface area contributed by atoms with Crippen LogP contribution in [-0.2, 0) is 4.79 Å². The fraction of sp³-hybridized carbons (Fsp3) is 0.867. The van der Waals surface area contributed by atoms with Gasteiger partial charge in [-0.25, -0.2) is 0 Å². The molecule has 1 aliphatic heterocycles. The molecule has 1 atom stereocenters. The van der Waals surface area contributed by atoms with E-state index in [1.807, 2.05) is 18.7 Å². The van der Waals surface area contributed by atoms with E-state index in [0.717, 1.165) is 25.9 Å². The summed E-state index contributed by atoms with van der Waals surface area (Å²) in [5.74, 6) is -0.284. The molecular formula is C15H24N2O. The molecule has 1 spiro atoms. The van der Waals surface area contributed by atoms with Crippen molar-refractivity contribution in [1.29, 1.82) is 5.26 Å². The fourth-order valence-corrected chi connectivity index (χ4v) is 3.51. The number of carbonyl (C=O) groups excluding carboxylic acids is 1. The maximum atomic E-state index is 12.3. The van der Waals surface area contributed by atoms with Gasteiger partial charge in [-0.2, -0.15) is 5.26 Å². The number of amides is 1. The van der Waals surface area contributed by atoms with Crippen molar-refractivity contribution in [3.8, 4) is 6.07 Å². The molecule has 0 aromatic carbocycles. The van der Waals surface area contributed by atoms with Gasteiger partial charge in [0.15, 0.2) is 0 Å². The van der Waals surface area contributed by atoms with Crippen LogP contribution in [0.5, 0.6) is 0 Å². The summed E-state index contributed by atoms with van der Waals surface area (Å²) in [6.45, 7) is 5.63. The van der Waals surface area contributed by atoms with Crippen LogP contribution in [-0.4, -0.2) is 23.9 Å². The molecule has 2 rings (SSSR count). The van der Waals surface area contributed by atoms with E-state index >= 15 is 0 Å². The molecule has 100 valence electrons. The minimum absolute atomic E-state index is 0.0559. The van der Waals surface area contributed by atoms with Crippen LogP contribution in [0.1, 0.15) is 52.4 Å². The Morgan fingerprint density at radius 3 is 2.17 bits per heavy atom. The standard InChI is InChI=1S/C15H24N2O/c1-12(2)13(11-16)14(18)17-9-7-15(8-10-17)5-3-4-6-15/h12-13H,3-10H2,1-2H3. The first kappa shape index (κ1) is 13.4. The Kier molecular flexibility index (Phi) is 3.94. The minimum Gasteiger partial charge on any atom is -0.342 e. The zero-order valence-electron chi connectivity index (χ0n) is 11.6. The maximum Gasteiger partial charge on any atom is 0.240 e. The number of hydrogen-bond donors (Lipinski definition) is 0. The Morgan fingerprint density at radius 1 is 1.17 bits per heavy atom. The molecule has 1 unspecified atom stereocenters. The highest BCUT2D eigenvalue weighted by molar-refractivity contribution is 5.81. The third-order valence-corrected chi connectivity index (χ3v) is 4.87. The topological polar surface area (TPSA) is 44.1 Å². The molecule has 1 saturated heterocycles. The predicted octanol–water partition coefficient (Wildman–Crippen LogP) is 2.96. The number of nitrogens with zero attached hydrogens (tertiary/aromatic N) is 2. The lowest BCUT2D eigenvalue weighted by Crippen LogP contribution is -2.45. The molecule has 3 heteroatoms. The Morgan fingerprint density at radius 2 is 1.72 bits per heavy atom. The van der Waals surface area contributed by atoms with Crippen LogP contribution < -0.4 is 0 Å². The molecule has 1 saturated carbocycles. The van der Waals surface area contributed by atoms with Gasteiger partial charge in [-0.15, -0.1) is 0 Å². The average Bonchev–Trinajstić information content (AvgIpc) is 2.79. The molecule has 1 aliphatic carbocycles. The van der Waals surface area contributed by atoms with Crippen LogP contribution in [0.3, 0.4) is 0 Å². The second-order valence-corrected chi connectivity index (χ2v) is 6.38. The van der Waals surface area contributed by atoms with Crippen molar-refractivity contribution >= 4 is 5.91 Å². The van der Waals surface area contributed by atoms with E-state index in [2.05, 4.69) is 6.07 Å². The van der Waals surface area contributed by atoms with Crippen molar-refractivity contribution < 1.29 is 4.79 Å². The Bertz CT molecular complexity index is 340. The largest absolute Gasteiger partial charge is 0.342 e. The normalized spacial score (nSPS) is 24.2. The summed E-state index contributed by atoms with van der Waals surface area (Å²) >= 11 is 0. The van der Waals surface area contributed by atoms with Gasteiger partial charge in [-0.05, 0) is 37.0 Å². The molecule has 1 amide bonds. The summed E-state index contributed by atoms with van der Waals surface area (Å²) in [4.78, 5) is 14.2. The van der Waals surface area contributed by atoms with Crippen LogP contribution in [0.2, 0.25) is 0 Å². The highest BCUT2D eigenvalue weighted by Crippen LogP contribution is 2.46. The first-order valence-electron chi connectivity index (χ1n) is 7.26. The number of carbonyl (C=O) groups is 1. The molecule has 0 radical (unpaired) electrons. The number of likely N-dealkylation sites (tertiary alicyclic amines) is 1. The first-order chi connectivity index (χ1) is 8.58. The van der Waals surface area contributed by atoms with Gasteiger partial charge in [0.25, 0.3) is 0 Å². The lowest BCUT2D eigenvalue weighted by atomic mass is 9.77. The molecule has 3 nitrogen and oxygen atoms in total. The lowest BCUT2D eigenvalue weighted by molar-refractivity contribution is -0.137. The van der Waals surface area contributed by atoms with Gasteiger partial charge in [0.2, 0.25) is 5.91 Å². The van der Waals surface area contributed by atoms with E-state index in [4.69, 9.17) is 5.26 Å². The Hall–Kier alpha value is -1.04. The van der Waals surface area contributed by atoms with Crippen molar-refractivity contribution in [2.24, 2.45) is 17.3 Å². The van der Waals surface area contributed by atoms with E-state index in [1.165, 1.54) is 25.7 Å². The van der Waals surface area contributed by atoms with Crippen LogP contribution >= 0.6 is 0 Å². The molecule has 0 aromatic heterocycles. The van der Waals surface area contributed by atoms with Gasteiger partial charge in [0, 0.05) is 13.1 Å². The molecular weight excluding hydrogens is 224 g/mol. The maximum absolute atomic E-state index is 12.3. The van der Waals surface area contributed by atoms with Gasteiger partial charge >= 0.3 is 0 Å². The van der Waals surface area contributed by atoms with Gasteiger partial charge in [0.05, 0.1) is 6.07 Å². The van der Waals surface area contributed by atoms with Crippen LogP contribution in [0.15, 0.2) is 0 Å². The van der Waals surface area contributed by atoms with E-state index in [0.29, 0.717) is 5.41 Å². The molecule has 0 aromatic rings. The minimum atomic E-state index is -0.456. The predicted molar refractivity (Wildman–Crippen MR) is 70.7 cm³/mol. The highest BCUT2D eigenvalue weighted by Gasteiger charge is 2.39. The van der Waals surface area contributed by atoms with Crippen molar-refractivity contribution in [2.75, 3.05) is 13.1 Å². The third-order valence-electron chi connectivity index (χ3n) is 4.87. The van der Waals surface area contributed by atoms with Gasteiger partial charge < -0.3 is 4.90 Å². The smallest absolute Gasteiger partial charge is 0.240 e. The van der Waals surface area contributed by atoms with Crippen molar-refractivity contribution in [2.45, 2.75) is 52.4 Å². The zero-order chi connectivity index (χ0) is 13.2. The summed E-state index contributed by atoms with van der Waals surface area (Å²) in [6, 6.07) is 2.17. The second kappa shape index (κ2) is 5.30. The van der Waals surface area contributed by atoms with E-state index in [-0.39, 0.29) is 11.8 Å². The number of hydrogen-bond acceptors (Lipinski definition) is 2. The zero-order valence-corrected chi connectivity index (χ0v) is 11.6. The van der Waals surface area contributed by atoms with Gasteiger partial charge in [0.1, 0.15) is 5.92 Å². The quantitative estimate of drug-likeness (QED) is 0.754. The summed E-state index contributed by atoms with van der Waals surface area (Å²) in [6.07, 6.45) is 7.72.